The van der Waals surface area contributed by atoms with E-state index in [1.807, 2.05) is 19.1 Å². The minimum absolute atomic E-state index is 0.109. The molecular formula is C18H21N3O4. The third-order valence-corrected chi connectivity index (χ3v) is 3.47. The molecule has 0 aliphatic heterocycles. The summed E-state index contributed by atoms with van der Waals surface area (Å²) in [5.41, 5.74) is 1.32. The second-order valence-corrected chi connectivity index (χ2v) is 5.62. The molecular weight excluding hydrogens is 322 g/mol. The number of nitrogens with zero attached hydrogens (tertiary/aromatic N) is 1. The van der Waals surface area contributed by atoms with E-state index in [-0.39, 0.29) is 23.9 Å². The molecule has 25 heavy (non-hydrogen) atoms. The quantitative estimate of drug-likeness (QED) is 0.762. The molecule has 2 aromatic rings. The number of hydrogen-bond donors (Lipinski definition) is 2. The van der Waals surface area contributed by atoms with E-state index >= 15 is 0 Å². The molecule has 2 N–H and O–H groups in total. The Bertz CT molecular complexity index is 797. The largest absolute Gasteiger partial charge is 0.484 e. The fourth-order valence-corrected chi connectivity index (χ4v) is 2.14. The molecule has 0 bridgehead atoms. The number of nitrogens with one attached hydrogen (secondary N) is 2. The summed E-state index contributed by atoms with van der Waals surface area (Å²) in [5, 5.41) is 2.50. The fourth-order valence-electron chi connectivity index (χ4n) is 2.14. The predicted molar refractivity (Wildman–Crippen MR) is 93.8 cm³/mol. The van der Waals surface area contributed by atoms with Crippen LogP contribution in [0.4, 0.5) is 5.95 Å². The van der Waals surface area contributed by atoms with Gasteiger partial charge in [0.2, 0.25) is 5.95 Å². The van der Waals surface area contributed by atoms with Crippen molar-refractivity contribution >= 4 is 17.6 Å². The predicted octanol–water partition coefficient (Wildman–Crippen LogP) is 1.87. The average Bonchev–Trinajstić information content (AvgIpc) is 2.58. The first-order valence-electron chi connectivity index (χ1n) is 8.07. The molecule has 7 heteroatoms. The van der Waals surface area contributed by atoms with Crippen molar-refractivity contribution in [1.82, 2.24) is 9.97 Å². The van der Waals surface area contributed by atoms with E-state index in [4.69, 9.17) is 4.74 Å². The van der Waals surface area contributed by atoms with Gasteiger partial charge in [-0.2, -0.15) is 0 Å². The van der Waals surface area contributed by atoms with Gasteiger partial charge in [-0.15, -0.1) is 0 Å². The van der Waals surface area contributed by atoms with Gasteiger partial charge in [-0.25, -0.2) is 4.98 Å². The zero-order valence-corrected chi connectivity index (χ0v) is 14.3. The van der Waals surface area contributed by atoms with E-state index in [1.165, 1.54) is 6.07 Å². The van der Waals surface area contributed by atoms with Gasteiger partial charge < -0.3 is 9.53 Å². The van der Waals surface area contributed by atoms with E-state index in [0.29, 0.717) is 30.7 Å². The van der Waals surface area contributed by atoms with Crippen molar-refractivity contribution in [3.05, 3.63) is 51.9 Å². The van der Waals surface area contributed by atoms with Gasteiger partial charge in [0.15, 0.2) is 6.61 Å². The number of ether oxygens (including phenoxy) is 1. The maximum Gasteiger partial charge on any atom is 0.264 e. The van der Waals surface area contributed by atoms with Crippen LogP contribution in [0.5, 0.6) is 5.75 Å². The molecule has 0 aliphatic rings. The summed E-state index contributed by atoms with van der Waals surface area (Å²) in [6, 6.07) is 8.61. The molecule has 0 aliphatic carbocycles. The molecule has 0 spiro atoms. The number of benzene rings is 1. The number of rotatable bonds is 8. The van der Waals surface area contributed by atoms with Crippen LogP contribution in [-0.4, -0.2) is 28.3 Å². The van der Waals surface area contributed by atoms with Gasteiger partial charge in [0.05, 0.1) is 0 Å². The minimum Gasteiger partial charge on any atom is -0.484 e. The number of carbonyl (C=O) groups is 2. The first-order chi connectivity index (χ1) is 12.0. The zero-order chi connectivity index (χ0) is 18.2. The smallest absolute Gasteiger partial charge is 0.264 e. The fraction of sp³-hybridized carbons (Fsp3) is 0.333. The van der Waals surface area contributed by atoms with Crippen LogP contribution in [0.1, 0.15) is 31.5 Å². The van der Waals surface area contributed by atoms with Crippen molar-refractivity contribution in [2.24, 2.45) is 0 Å². The number of amides is 1. The highest BCUT2D eigenvalue weighted by Crippen LogP contribution is 2.13. The highest BCUT2D eigenvalue weighted by Gasteiger charge is 2.07. The number of ketones is 1. The third kappa shape index (κ3) is 6.21. The Morgan fingerprint density at radius 2 is 1.96 bits per heavy atom. The molecule has 0 fully saturated rings. The highest BCUT2D eigenvalue weighted by atomic mass is 16.5. The van der Waals surface area contributed by atoms with E-state index in [1.54, 1.807) is 19.1 Å². The minimum atomic E-state index is -0.419. The number of hydrogen-bond acceptors (Lipinski definition) is 5. The van der Waals surface area contributed by atoms with Gasteiger partial charge in [0.25, 0.3) is 11.5 Å². The maximum absolute atomic E-state index is 11.9. The number of Topliss-reactive ketones (excluding diaryl/α,β-unsaturated/α-hetero) is 1. The van der Waals surface area contributed by atoms with Crippen LogP contribution in [0, 0.1) is 0 Å². The highest BCUT2D eigenvalue weighted by molar-refractivity contribution is 5.90. The molecule has 1 aromatic heterocycles. The van der Waals surface area contributed by atoms with Gasteiger partial charge >= 0.3 is 0 Å². The van der Waals surface area contributed by atoms with Crippen LogP contribution in [0.3, 0.4) is 0 Å². The molecule has 0 saturated heterocycles. The number of aromatic nitrogens is 2. The second kappa shape index (κ2) is 8.77. The van der Waals surface area contributed by atoms with Crippen LogP contribution in [0.2, 0.25) is 0 Å². The van der Waals surface area contributed by atoms with Gasteiger partial charge in [0.1, 0.15) is 11.5 Å². The average molecular weight is 343 g/mol. The van der Waals surface area contributed by atoms with Crippen LogP contribution < -0.4 is 15.6 Å². The molecule has 0 saturated carbocycles. The van der Waals surface area contributed by atoms with E-state index in [9.17, 15) is 14.4 Å². The summed E-state index contributed by atoms with van der Waals surface area (Å²) in [6.45, 7) is 3.23. The number of H-pyrrole nitrogens is 1. The van der Waals surface area contributed by atoms with E-state index in [2.05, 4.69) is 15.3 Å². The van der Waals surface area contributed by atoms with Gasteiger partial charge in [-0.1, -0.05) is 19.1 Å². The van der Waals surface area contributed by atoms with Crippen LogP contribution in [0.25, 0.3) is 0 Å². The van der Waals surface area contributed by atoms with Crippen molar-refractivity contribution in [3.8, 4) is 5.75 Å². The number of carbonyl (C=O) groups excluding carboxylic acids is 2. The van der Waals surface area contributed by atoms with Gasteiger partial charge in [0, 0.05) is 18.2 Å². The first kappa shape index (κ1) is 18.4. The van der Waals surface area contributed by atoms with Crippen molar-refractivity contribution in [2.75, 3.05) is 11.9 Å². The molecule has 0 atom stereocenters. The summed E-state index contributed by atoms with van der Waals surface area (Å²) >= 11 is 0. The lowest BCUT2D eigenvalue weighted by molar-refractivity contribution is -0.118. The van der Waals surface area contributed by atoms with Crippen LogP contribution >= 0.6 is 0 Å². The Balaban J connectivity index is 1.86. The molecule has 1 heterocycles. The van der Waals surface area contributed by atoms with Crippen LogP contribution in [0.15, 0.2) is 35.1 Å². The van der Waals surface area contributed by atoms with Crippen molar-refractivity contribution in [1.29, 1.82) is 0 Å². The third-order valence-electron chi connectivity index (χ3n) is 3.47. The summed E-state index contributed by atoms with van der Waals surface area (Å²) in [6.07, 6.45) is 1.78. The number of aryl methyl sites for hydroxylation is 2. The lowest BCUT2D eigenvalue weighted by Gasteiger charge is -2.08. The summed E-state index contributed by atoms with van der Waals surface area (Å²) in [7, 11) is 0. The second-order valence-electron chi connectivity index (χ2n) is 5.62. The Morgan fingerprint density at radius 3 is 2.60 bits per heavy atom. The Morgan fingerprint density at radius 1 is 1.24 bits per heavy atom. The molecule has 0 unspecified atom stereocenters. The SMILES string of the molecule is CCc1cc(=O)[nH]c(NC(=O)COc2ccc(CCC(C)=O)cc2)n1. The molecule has 0 radical (unpaired) electrons. The summed E-state index contributed by atoms with van der Waals surface area (Å²) in [4.78, 5) is 40.9. The lowest BCUT2D eigenvalue weighted by atomic mass is 10.1. The van der Waals surface area contributed by atoms with Crippen molar-refractivity contribution in [2.45, 2.75) is 33.1 Å². The zero-order valence-electron chi connectivity index (χ0n) is 14.3. The van der Waals surface area contributed by atoms with E-state index < -0.39 is 5.91 Å². The molecule has 7 nitrogen and oxygen atoms in total. The van der Waals surface area contributed by atoms with Crippen molar-refractivity contribution in [3.63, 3.8) is 0 Å². The first-order valence-corrected chi connectivity index (χ1v) is 8.07. The normalized spacial score (nSPS) is 10.3. The van der Waals surface area contributed by atoms with Gasteiger partial charge in [-0.3, -0.25) is 19.9 Å². The summed E-state index contributed by atoms with van der Waals surface area (Å²) in [5.74, 6) is 0.385. The maximum atomic E-state index is 11.9. The number of anilines is 1. The lowest BCUT2D eigenvalue weighted by Crippen LogP contribution is -2.23. The Hall–Kier alpha value is -2.96. The summed E-state index contributed by atoms with van der Waals surface area (Å²) < 4.78 is 5.41. The monoisotopic (exact) mass is 343 g/mol. The van der Waals surface area contributed by atoms with Crippen molar-refractivity contribution < 1.29 is 14.3 Å². The Labute approximate surface area is 145 Å². The van der Waals surface area contributed by atoms with Crippen LogP contribution in [-0.2, 0) is 22.4 Å². The topological polar surface area (TPSA) is 101 Å². The Kier molecular flexibility index (Phi) is 6.45. The molecule has 132 valence electrons. The van der Waals surface area contributed by atoms with E-state index in [0.717, 1.165) is 5.56 Å². The molecule has 2 rings (SSSR count). The number of aromatic amines is 1. The van der Waals surface area contributed by atoms with Gasteiger partial charge in [-0.05, 0) is 37.5 Å². The molecule has 1 aromatic carbocycles. The molecule has 1 amide bonds. The standard InChI is InChI=1S/C18H21N3O4/c1-3-14-10-16(23)20-18(19-14)21-17(24)11-25-15-8-6-13(7-9-15)5-4-12(2)22/h6-10H,3-5,11H2,1-2H3,(H2,19,20,21,23,24).